The van der Waals surface area contributed by atoms with Crippen molar-refractivity contribution in [1.82, 2.24) is 13.9 Å². The Bertz CT molecular complexity index is 1370. The van der Waals surface area contributed by atoms with Crippen molar-refractivity contribution in [3.63, 3.8) is 0 Å². The highest BCUT2D eigenvalue weighted by Crippen LogP contribution is 2.24. The van der Waals surface area contributed by atoms with Gasteiger partial charge in [0, 0.05) is 25.7 Å². The molecule has 3 aromatic carbocycles. The number of aliphatic hydroxyl groups excluding tert-OH is 1. The fourth-order valence-electron chi connectivity index (χ4n) is 4.30. The first-order valence-corrected chi connectivity index (χ1v) is 13.6. The maximum atomic E-state index is 13.8. The molecule has 0 aliphatic heterocycles. The summed E-state index contributed by atoms with van der Waals surface area (Å²) in [5.41, 5.74) is 9.85. The SMILES string of the molecule is CC(C)CN(C[C@@H](O)[C@@H](N)Cc1ccccc1)S(=O)(=O)c1ccc2ncn(Cc3ccccc3)c2c1. The molecule has 0 saturated carbocycles. The van der Waals surface area contributed by atoms with Crippen molar-refractivity contribution < 1.29 is 13.5 Å². The van der Waals surface area contributed by atoms with Crippen LogP contribution in [0.2, 0.25) is 0 Å². The maximum Gasteiger partial charge on any atom is 0.243 e. The number of aromatic nitrogens is 2. The van der Waals surface area contributed by atoms with E-state index < -0.39 is 22.2 Å². The van der Waals surface area contributed by atoms with E-state index in [4.69, 9.17) is 5.73 Å². The van der Waals surface area contributed by atoms with Crippen LogP contribution in [0, 0.1) is 5.92 Å². The summed E-state index contributed by atoms with van der Waals surface area (Å²) < 4.78 is 30.8. The predicted octanol–water partition coefficient (Wildman–Crippen LogP) is 3.66. The Hall–Kier alpha value is -3.04. The van der Waals surface area contributed by atoms with E-state index in [1.54, 1.807) is 24.5 Å². The lowest BCUT2D eigenvalue weighted by Crippen LogP contribution is -2.47. The Kier molecular flexibility index (Phi) is 8.21. The van der Waals surface area contributed by atoms with Crippen molar-refractivity contribution in [2.75, 3.05) is 13.1 Å². The third kappa shape index (κ3) is 6.20. The van der Waals surface area contributed by atoms with E-state index >= 15 is 0 Å². The van der Waals surface area contributed by atoms with E-state index in [1.807, 2.05) is 79.1 Å². The van der Waals surface area contributed by atoms with Crippen molar-refractivity contribution in [3.05, 3.63) is 96.3 Å². The number of sulfonamides is 1. The predicted molar refractivity (Wildman–Crippen MR) is 143 cm³/mol. The average molecular weight is 507 g/mol. The first-order chi connectivity index (χ1) is 17.2. The lowest BCUT2D eigenvalue weighted by molar-refractivity contribution is 0.116. The van der Waals surface area contributed by atoms with E-state index in [1.165, 1.54) is 4.31 Å². The summed E-state index contributed by atoms with van der Waals surface area (Å²) >= 11 is 0. The van der Waals surface area contributed by atoms with Crippen molar-refractivity contribution in [2.45, 2.75) is 43.9 Å². The lowest BCUT2D eigenvalue weighted by Gasteiger charge is -2.28. The fourth-order valence-corrected chi connectivity index (χ4v) is 5.94. The molecule has 0 unspecified atom stereocenters. The molecule has 1 aromatic heterocycles. The van der Waals surface area contributed by atoms with Crippen molar-refractivity contribution in [2.24, 2.45) is 11.7 Å². The van der Waals surface area contributed by atoms with Gasteiger partial charge in [0.1, 0.15) is 0 Å². The fraction of sp³-hybridized carbons (Fsp3) is 0.321. The molecule has 0 aliphatic carbocycles. The standard InChI is InChI=1S/C28H34N4O3S/c1-21(2)17-32(19-28(33)25(29)15-22-9-5-3-6-10-22)36(34,35)24-13-14-26-27(16-24)31(20-30-26)18-23-11-7-4-8-12-23/h3-14,16,20-21,25,28,33H,15,17-19,29H2,1-2H3/t25-,28+/m0/s1. The van der Waals surface area contributed by atoms with Gasteiger partial charge in [-0.1, -0.05) is 74.5 Å². The molecule has 36 heavy (non-hydrogen) atoms. The third-order valence-corrected chi connectivity index (χ3v) is 8.02. The lowest BCUT2D eigenvalue weighted by atomic mass is 10.0. The first kappa shape index (κ1) is 26.0. The van der Waals surface area contributed by atoms with Gasteiger partial charge in [0.05, 0.1) is 28.4 Å². The molecule has 4 rings (SSSR count). The smallest absolute Gasteiger partial charge is 0.243 e. The second kappa shape index (κ2) is 11.3. The Morgan fingerprint density at radius 2 is 1.58 bits per heavy atom. The first-order valence-electron chi connectivity index (χ1n) is 12.2. The quantitative estimate of drug-likeness (QED) is 0.323. The van der Waals surface area contributed by atoms with E-state index in [9.17, 15) is 13.5 Å². The topological polar surface area (TPSA) is 101 Å². The Labute approximate surface area is 213 Å². The molecule has 4 aromatic rings. The van der Waals surface area contributed by atoms with Crippen molar-refractivity contribution in [3.8, 4) is 0 Å². The molecule has 0 bridgehead atoms. The third-order valence-electron chi connectivity index (χ3n) is 6.19. The zero-order valence-corrected chi connectivity index (χ0v) is 21.6. The highest BCUT2D eigenvalue weighted by Gasteiger charge is 2.30. The van der Waals surface area contributed by atoms with Crippen LogP contribution in [-0.4, -0.2) is 52.6 Å². The number of nitrogens with zero attached hydrogens (tertiary/aromatic N) is 3. The highest BCUT2D eigenvalue weighted by molar-refractivity contribution is 7.89. The summed E-state index contributed by atoms with van der Waals surface area (Å²) in [4.78, 5) is 4.62. The summed E-state index contributed by atoms with van der Waals surface area (Å²) in [6.45, 7) is 4.70. The number of fused-ring (bicyclic) bond motifs is 1. The van der Waals surface area contributed by atoms with Gasteiger partial charge in [-0.25, -0.2) is 13.4 Å². The summed E-state index contributed by atoms with van der Waals surface area (Å²) in [6.07, 6.45) is 1.18. The molecule has 2 atom stereocenters. The molecular weight excluding hydrogens is 472 g/mol. The van der Waals surface area contributed by atoms with Crippen LogP contribution in [0.1, 0.15) is 25.0 Å². The van der Waals surface area contributed by atoms with Gasteiger partial charge < -0.3 is 15.4 Å². The molecule has 0 spiro atoms. The van der Waals surface area contributed by atoms with Crippen LogP contribution < -0.4 is 5.73 Å². The zero-order valence-electron chi connectivity index (χ0n) is 20.7. The molecular formula is C28H34N4O3S. The summed E-state index contributed by atoms with van der Waals surface area (Å²) in [5.74, 6) is 0.0738. The van der Waals surface area contributed by atoms with E-state index in [0.29, 0.717) is 13.0 Å². The zero-order chi connectivity index (χ0) is 25.7. The number of imidazole rings is 1. The van der Waals surface area contributed by atoms with Crippen LogP contribution >= 0.6 is 0 Å². The van der Waals surface area contributed by atoms with Crippen molar-refractivity contribution >= 4 is 21.1 Å². The molecule has 7 nitrogen and oxygen atoms in total. The molecule has 190 valence electrons. The van der Waals surface area contributed by atoms with Crippen LogP contribution in [0.4, 0.5) is 0 Å². The molecule has 8 heteroatoms. The number of nitrogens with two attached hydrogens (primary N) is 1. The monoisotopic (exact) mass is 506 g/mol. The molecule has 0 amide bonds. The van der Waals surface area contributed by atoms with E-state index in [2.05, 4.69) is 4.98 Å². The Morgan fingerprint density at radius 3 is 2.22 bits per heavy atom. The number of hydrogen-bond donors (Lipinski definition) is 2. The molecule has 0 saturated heterocycles. The van der Waals surface area contributed by atoms with Gasteiger partial charge in [0.2, 0.25) is 10.0 Å². The minimum Gasteiger partial charge on any atom is -0.390 e. The summed E-state index contributed by atoms with van der Waals surface area (Å²) in [6, 6.07) is 24.0. The van der Waals surface area contributed by atoms with Gasteiger partial charge in [-0.05, 0) is 41.7 Å². The number of aliphatic hydroxyl groups is 1. The minimum absolute atomic E-state index is 0.0736. The molecule has 0 fully saturated rings. The second-order valence-corrected chi connectivity index (χ2v) is 11.6. The van der Waals surface area contributed by atoms with Crippen LogP contribution in [0.25, 0.3) is 11.0 Å². The number of hydrogen-bond acceptors (Lipinski definition) is 5. The molecule has 1 heterocycles. The van der Waals surface area contributed by atoms with Crippen LogP contribution in [0.5, 0.6) is 0 Å². The summed E-state index contributed by atoms with van der Waals surface area (Å²) in [5, 5.41) is 10.9. The Balaban J connectivity index is 1.58. The maximum absolute atomic E-state index is 13.8. The number of benzene rings is 3. The van der Waals surface area contributed by atoms with Crippen LogP contribution in [0.15, 0.2) is 90.1 Å². The van der Waals surface area contributed by atoms with E-state index in [-0.39, 0.29) is 23.9 Å². The normalized spacial score (nSPS) is 13.9. The van der Waals surface area contributed by atoms with Gasteiger partial charge in [-0.2, -0.15) is 4.31 Å². The van der Waals surface area contributed by atoms with Gasteiger partial charge in [0.15, 0.2) is 0 Å². The highest BCUT2D eigenvalue weighted by atomic mass is 32.2. The van der Waals surface area contributed by atoms with Crippen LogP contribution in [-0.2, 0) is 23.0 Å². The molecule has 3 N–H and O–H groups in total. The molecule has 0 radical (unpaired) electrons. The van der Waals surface area contributed by atoms with E-state index in [0.717, 1.165) is 22.2 Å². The Morgan fingerprint density at radius 1 is 0.944 bits per heavy atom. The van der Waals surface area contributed by atoms with Gasteiger partial charge >= 0.3 is 0 Å². The second-order valence-electron chi connectivity index (χ2n) is 9.65. The van der Waals surface area contributed by atoms with Gasteiger partial charge in [-0.15, -0.1) is 0 Å². The van der Waals surface area contributed by atoms with Gasteiger partial charge in [-0.3, -0.25) is 0 Å². The molecule has 0 aliphatic rings. The average Bonchev–Trinajstić information content (AvgIpc) is 3.26. The largest absolute Gasteiger partial charge is 0.390 e. The minimum atomic E-state index is -3.88. The number of rotatable bonds is 11. The van der Waals surface area contributed by atoms with Crippen LogP contribution in [0.3, 0.4) is 0 Å². The summed E-state index contributed by atoms with van der Waals surface area (Å²) in [7, 11) is -3.88. The van der Waals surface area contributed by atoms with Crippen molar-refractivity contribution in [1.29, 1.82) is 0 Å². The van der Waals surface area contributed by atoms with Gasteiger partial charge in [0.25, 0.3) is 0 Å².